The van der Waals surface area contributed by atoms with Crippen LogP contribution in [0.1, 0.15) is 13.8 Å². The maximum atomic E-state index is 11.4. The summed E-state index contributed by atoms with van der Waals surface area (Å²) in [6, 6.07) is 7.46. The molecule has 0 spiro atoms. The normalized spacial score (nSPS) is 12.6. The third-order valence-electron chi connectivity index (χ3n) is 3.33. The van der Waals surface area contributed by atoms with Gasteiger partial charge < -0.3 is 5.32 Å². The number of nitrogens with one attached hydrogen (secondary N) is 2. The van der Waals surface area contributed by atoms with E-state index in [1.54, 1.807) is 18.4 Å². The zero-order valence-corrected chi connectivity index (χ0v) is 16.3. The summed E-state index contributed by atoms with van der Waals surface area (Å²) < 4.78 is 27.0. The number of fused-ring (bicyclic) bond motifs is 1. The summed E-state index contributed by atoms with van der Waals surface area (Å²) in [5.41, 5.74) is 1.16. The minimum absolute atomic E-state index is 0.404. The van der Waals surface area contributed by atoms with Gasteiger partial charge in [0.2, 0.25) is 20.1 Å². The third-order valence-corrected chi connectivity index (χ3v) is 5.38. The molecular formula is C15H18ClN5O2S2. The molecule has 3 aromatic rings. The standard InChI is InChI=1S/C15H18ClN5O2S2/c1-15(2,20-25(3,22)23)9-17-13-19-21-8-12(18-14(21)24-13)10-4-6-11(16)7-5-10/h4-8,20H,9H2,1-3H3,(H,17,19). The van der Waals surface area contributed by atoms with Crippen LogP contribution in [-0.2, 0) is 10.0 Å². The third kappa shape index (κ3) is 4.69. The molecule has 1 aromatic carbocycles. The van der Waals surface area contributed by atoms with Crippen molar-refractivity contribution in [2.75, 3.05) is 18.1 Å². The monoisotopic (exact) mass is 399 g/mol. The van der Waals surface area contributed by atoms with Crippen LogP contribution in [0.3, 0.4) is 0 Å². The summed E-state index contributed by atoms with van der Waals surface area (Å²) in [4.78, 5) is 5.31. The van der Waals surface area contributed by atoms with Gasteiger partial charge in [-0.1, -0.05) is 35.1 Å². The zero-order chi connectivity index (χ0) is 18.2. The number of benzene rings is 1. The Morgan fingerprint density at radius 1 is 1.28 bits per heavy atom. The Bertz CT molecular complexity index is 961. The largest absolute Gasteiger partial charge is 0.358 e. The molecule has 0 bridgehead atoms. The van der Waals surface area contributed by atoms with Gasteiger partial charge in [0.1, 0.15) is 0 Å². The highest BCUT2D eigenvalue weighted by molar-refractivity contribution is 7.88. The maximum Gasteiger partial charge on any atom is 0.214 e. The first-order chi connectivity index (χ1) is 11.6. The van der Waals surface area contributed by atoms with Crippen molar-refractivity contribution in [3.8, 4) is 11.3 Å². The van der Waals surface area contributed by atoms with E-state index in [2.05, 4.69) is 20.1 Å². The SMILES string of the molecule is CC(C)(CNc1nn2cc(-c3ccc(Cl)cc3)nc2s1)NS(C)(=O)=O. The molecule has 0 unspecified atom stereocenters. The van der Waals surface area contributed by atoms with E-state index in [1.165, 1.54) is 11.3 Å². The van der Waals surface area contributed by atoms with Crippen LogP contribution in [0, 0.1) is 0 Å². The molecule has 0 aliphatic carbocycles. The van der Waals surface area contributed by atoms with Gasteiger partial charge in [0.05, 0.1) is 18.1 Å². The highest BCUT2D eigenvalue weighted by Gasteiger charge is 2.22. The summed E-state index contributed by atoms with van der Waals surface area (Å²) in [5, 5.41) is 8.94. The first-order valence-electron chi connectivity index (χ1n) is 7.46. The fourth-order valence-electron chi connectivity index (χ4n) is 2.37. The summed E-state index contributed by atoms with van der Waals surface area (Å²) in [5.74, 6) is 0. The fraction of sp³-hybridized carbons (Fsp3) is 0.333. The van der Waals surface area contributed by atoms with Crippen LogP contribution < -0.4 is 10.0 Å². The molecule has 2 heterocycles. The predicted molar refractivity (Wildman–Crippen MR) is 102 cm³/mol. The van der Waals surface area contributed by atoms with Gasteiger partial charge in [-0.25, -0.2) is 22.6 Å². The van der Waals surface area contributed by atoms with Crippen molar-refractivity contribution in [1.82, 2.24) is 19.3 Å². The van der Waals surface area contributed by atoms with E-state index in [4.69, 9.17) is 11.6 Å². The quantitative estimate of drug-likeness (QED) is 0.665. The minimum Gasteiger partial charge on any atom is -0.358 e. The van der Waals surface area contributed by atoms with Crippen molar-refractivity contribution in [3.63, 3.8) is 0 Å². The molecule has 10 heteroatoms. The lowest BCUT2D eigenvalue weighted by molar-refractivity contribution is 0.476. The number of hydrogen-bond donors (Lipinski definition) is 2. The summed E-state index contributed by atoms with van der Waals surface area (Å²) in [7, 11) is -3.27. The molecule has 7 nitrogen and oxygen atoms in total. The van der Waals surface area contributed by atoms with Crippen LogP contribution in [0.25, 0.3) is 16.2 Å². The van der Waals surface area contributed by atoms with Gasteiger partial charge in [-0.05, 0) is 26.0 Å². The Kier molecular flexibility index (Phi) is 4.76. The highest BCUT2D eigenvalue weighted by atomic mass is 35.5. The second-order valence-electron chi connectivity index (χ2n) is 6.38. The van der Waals surface area contributed by atoms with Crippen LogP contribution in [0.4, 0.5) is 5.13 Å². The van der Waals surface area contributed by atoms with Crippen molar-refractivity contribution < 1.29 is 8.42 Å². The number of imidazole rings is 1. The fourth-order valence-corrected chi connectivity index (χ4v) is 4.34. The summed E-state index contributed by atoms with van der Waals surface area (Å²) in [6.07, 6.45) is 2.99. The molecule has 0 saturated heterocycles. The van der Waals surface area contributed by atoms with Gasteiger partial charge in [-0.15, -0.1) is 5.10 Å². The lowest BCUT2D eigenvalue weighted by Gasteiger charge is -2.24. The molecule has 25 heavy (non-hydrogen) atoms. The van der Waals surface area contributed by atoms with Crippen LogP contribution in [0.5, 0.6) is 0 Å². The number of anilines is 1. The van der Waals surface area contributed by atoms with E-state index < -0.39 is 15.6 Å². The molecular weight excluding hydrogens is 382 g/mol. The molecule has 0 saturated carbocycles. The Hall–Kier alpha value is -1.68. The van der Waals surface area contributed by atoms with E-state index in [1.807, 2.05) is 30.5 Å². The van der Waals surface area contributed by atoms with Crippen molar-refractivity contribution >= 4 is 43.1 Å². The van der Waals surface area contributed by atoms with Crippen molar-refractivity contribution in [3.05, 3.63) is 35.5 Å². The van der Waals surface area contributed by atoms with Gasteiger partial charge in [-0.2, -0.15) is 0 Å². The predicted octanol–water partition coefficient (Wildman–Crippen LogP) is 2.85. The second-order valence-corrected chi connectivity index (χ2v) is 9.52. The summed E-state index contributed by atoms with van der Waals surface area (Å²) >= 11 is 7.30. The Balaban J connectivity index is 1.72. The molecule has 0 aliphatic heterocycles. The Morgan fingerprint density at radius 2 is 1.96 bits per heavy atom. The Labute approximate surface area is 155 Å². The molecule has 0 aliphatic rings. The lowest BCUT2D eigenvalue weighted by Crippen LogP contribution is -2.47. The van der Waals surface area contributed by atoms with Gasteiger partial charge in [0.25, 0.3) is 0 Å². The number of hydrogen-bond acceptors (Lipinski definition) is 6. The van der Waals surface area contributed by atoms with Crippen molar-refractivity contribution in [2.45, 2.75) is 19.4 Å². The second kappa shape index (κ2) is 6.56. The molecule has 0 radical (unpaired) electrons. The topological polar surface area (TPSA) is 88.4 Å². The maximum absolute atomic E-state index is 11.4. The minimum atomic E-state index is -3.27. The highest BCUT2D eigenvalue weighted by Crippen LogP contribution is 2.25. The molecule has 0 atom stereocenters. The van der Waals surface area contributed by atoms with E-state index in [-0.39, 0.29) is 0 Å². The van der Waals surface area contributed by atoms with E-state index >= 15 is 0 Å². The first kappa shape index (κ1) is 18.1. The van der Waals surface area contributed by atoms with Crippen LogP contribution >= 0.6 is 22.9 Å². The van der Waals surface area contributed by atoms with Crippen molar-refractivity contribution in [2.24, 2.45) is 0 Å². The first-order valence-corrected chi connectivity index (χ1v) is 10.5. The van der Waals surface area contributed by atoms with Crippen LogP contribution in [0.15, 0.2) is 30.5 Å². The molecule has 0 amide bonds. The van der Waals surface area contributed by atoms with Crippen molar-refractivity contribution in [1.29, 1.82) is 0 Å². The molecule has 134 valence electrons. The smallest absolute Gasteiger partial charge is 0.214 e. The molecule has 2 N–H and O–H groups in total. The average Bonchev–Trinajstić information content (AvgIpc) is 3.01. The van der Waals surface area contributed by atoms with Crippen LogP contribution in [-0.4, -0.2) is 41.4 Å². The zero-order valence-electron chi connectivity index (χ0n) is 13.9. The molecule has 3 rings (SSSR count). The van der Waals surface area contributed by atoms with E-state index in [9.17, 15) is 8.42 Å². The van der Waals surface area contributed by atoms with E-state index in [0.29, 0.717) is 16.7 Å². The summed E-state index contributed by atoms with van der Waals surface area (Å²) in [6.45, 7) is 4.01. The number of nitrogens with zero attached hydrogens (tertiary/aromatic N) is 3. The van der Waals surface area contributed by atoms with Gasteiger partial charge in [-0.3, -0.25) is 0 Å². The molecule has 0 fully saturated rings. The average molecular weight is 400 g/mol. The van der Waals surface area contributed by atoms with Gasteiger partial charge in [0, 0.05) is 22.7 Å². The number of sulfonamides is 1. The van der Waals surface area contributed by atoms with Gasteiger partial charge >= 0.3 is 0 Å². The Morgan fingerprint density at radius 3 is 2.56 bits per heavy atom. The molecule has 2 aromatic heterocycles. The van der Waals surface area contributed by atoms with Gasteiger partial charge in [0.15, 0.2) is 0 Å². The van der Waals surface area contributed by atoms with Crippen LogP contribution in [0.2, 0.25) is 5.02 Å². The van der Waals surface area contributed by atoms with E-state index in [0.717, 1.165) is 22.5 Å². The number of aromatic nitrogens is 3. The lowest BCUT2D eigenvalue weighted by atomic mass is 10.1. The number of halogens is 1. The number of rotatable bonds is 6.